The van der Waals surface area contributed by atoms with Crippen LogP contribution in [0.4, 0.5) is 0 Å². The fourth-order valence-electron chi connectivity index (χ4n) is 2.48. The number of halogens is 2. The first kappa shape index (κ1) is 20.5. The quantitative estimate of drug-likeness (QED) is 0.543. The number of hydrogen-bond donors (Lipinski definition) is 1. The number of hydrogen-bond acceptors (Lipinski definition) is 5. The second kappa shape index (κ2) is 8.82. The molecule has 0 amide bonds. The number of thiazole rings is 1. The van der Waals surface area contributed by atoms with Crippen LogP contribution < -0.4 is 9.54 Å². The zero-order chi connectivity index (χ0) is 20.3. The molecule has 0 aliphatic heterocycles. The summed E-state index contributed by atoms with van der Waals surface area (Å²) >= 11 is 14.0. The van der Waals surface area contributed by atoms with E-state index in [9.17, 15) is 5.11 Å². The molecule has 28 heavy (non-hydrogen) atoms. The van der Waals surface area contributed by atoms with Gasteiger partial charge in [-0.25, -0.2) is 4.68 Å². The molecule has 0 aliphatic carbocycles. The maximum absolute atomic E-state index is 10.1. The summed E-state index contributed by atoms with van der Waals surface area (Å²) in [5.41, 5.74) is 2.04. The molecule has 0 saturated heterocycles. The minimum absolute atomic E-state index is 0.0907. The molecule has 1 aromatic heterocycles. The van der Waals surface area contributed by atoms with Crippen LogP contribution in [0.15, 0.2) is 51.9 Å². The summed E-state index contributed by atoms with van der Waals surface area (Å²) in [6, 6.07) is 10.3. The van der Waals surface area contributed by atoms with Crippen molar-refractivity contribution in [1.82, 2.24) is 4.68 Å². The third-order valence-electron chi connectivity index (χ3n) is 3.81. The summed E-state index contributed by atoms with van der Waals surface area (Å²) < 4.78 is 6.91. The highest BCUT2D eigenvalue weighted by molar-refractivity contribution is 7.07. The molecule has 2 aromatic carbocycles. The van der Waals surface area contributed by atoms with E-state index in [4.69, 9.17) is 27.9 Å². The topological polar surface area (TPSA) is 59.1 Å². The highest BCUT2D eigenvalue weighted by Gasteiger charge is 2.12. The molecule has 0 unspecified atom stereocenters. The Kier molecular flexibility index (Phi) is 6.44. The molecule has 0 bridgehead atoms. The maximum Gasteiger partial charge on any atom is 0.206 e. The predicted molar refractivity (Wildman–Crippen MR) is 116 cm³/mol. The summed E-state index contributed by atoms with van der Waals surface area (Å²) in [7, 11) is 1.57. The number of aromatic hydroxyl groups is 1. The third kappa shape index (κ3) is 4.58. The Labute approximate surface area is 177 Å². The van der Waals surface area contributed by atoms with Gasteiger partial charge >= 0.3 is 0 Å². The molecule has 5 nitrogen and oxygen atoms in total. The van der Waals surface area contributed by atoms with Crippen molar-refractivity contribution in [3.8, 4) is 22.8 Å². The summed E-state index contributed by atoms with van der Waals surface area (Å²) in [5, 5.41) is 17.8. The number of phenolic OH excluding ortho intramolecular Hbond substituents is 1. The molecule has 3 rings (SSSR count). The van der Waals surface area contributed by atoms with Crippen molar-refractivity contribution < 1.29 is 9.84 Å². The van der Waals surface area contributed by atoms with Gasteiger partial charge in [0.15, 0.2) is 0 Å². The Morgan fingerprint density at radius 3 is 2.68 bits per heavy atom. The van der Waals surface area contributed by atoms with E-state index in [2.05, 4.69) is 10.1 Å². The summed E-state index contributed by atoms with van der Waals surface area (Å²) in [5.74, 6) is 0.727. The van der Waals surface area contributed by atoms with Crippen molar-refractivity contribution in [2.45, 2.75) is 19.9 Å². The van der Waals surface area contributed by atoms with Gasteiger partial charge in [-0.1, -0.05) is 23.2 Å². The molecule has 8 heteroatoms. The number of methoxy groups -OCH3 is 1. The van der Waals surface area contributed by atoms with E-state index in [1.807, 2.05) is 19.2 Å². The van der Waals surface area contributed by atoms with Crippen molar-refractivity contribution >= 4 is 40.8 Å². The molecule has 0 atom stereocenters. The van der Waals surface area contributed by atoms with Crippen molar-refractivity contribution in [2.24, 2.45) is 10.1 Å². The van der Waals surface area contributed by atoms with Crippen molar-refractivity contribution in [2.75, 3.05) is 7.11 Å². The predicted octanol–water partition coefficient (Wildman–Crippen LogP) is 5.43. The largest absolute Gasteiger partial charge is 0.507 e. The smallest absolute Gasteiger partial charge is 0.206 e. The van der Waals surface area contributed by atoms with Crippen LogP contribution >= 0.6 is 34.5 Å². The number of ether oxygens (including phenoxy) is 1. The van der Waals surface area contributed by atoms with Crippen LogP contribution in [0, 0.1) is 0 Å². The summed E-state index contributed by atoms with van der Waals surface area (Å²) in [6.07, 6.45) is 1.56. The standard InChI is InChI=1S/C20H19Cl2N3O2S/c1-12(2)24-20-25(23-10-13-8-15(27-3)5-7-19(13)26)18(11-28-20)16-9-14(21)4-6-17(16)22/h4-12,26H,1-3H3. The van der Waals surface area contributed by atoms with Gasteiger partial charge in [-0.2, -0.15) is 5.10 Å². The number of nitrogens with zero attached hydrogens (tertiary/aromatic N) is 3. The number of phenols is 1. The van der Waals surface area contributed by atoms with Gasteiger partial charge in [0.1, 0.15) is 11.5 Å². The van der Waals surface area contributed by atoms with Crippen molar-refractivity contribution in [3.63, 3.8) is 0 Å². The van der Waals surface area contributed by atoms with Crippen LogP contribution in [0.5, 0.6) is 11.5 Å². The number of benzene rings is 2. The van der Waals surface area contributed by atoms with Gasteiger partial charge in [-0.15, -0.1) is 11.3 Å². The number of rotatable bonds is 5. The highest BCUT2D eigenvalue weighted by atomic mass is 35.5. The fraction of sp³-hybridized carbons (Fsp3) is 0.200. The van der Waals surface area contributed by atoms with E-state index in [-0.39, 0.29) is 11.8 Å². The molecule has 1 heterocycles. The lowest BCUT2D eigenvalue weighted by Crippen LogP contribution is -2.14. The first-order valence-electron chi connectivity index (χ1n) is 8.50. The van der Waals surface area contributed by atoms with Gasteiger partial charge in [0.2, 0.25) is 4.80 Å². The molecule has 146 valence electrons. The van der Waals surface area contributed by atoms with Crippen LogP contribution in [0.3, 0.4) is 0 Å². The van der Waals surface area contributed by atoms with Gasteiger partial charge in [0.25, 0.3) is 0 Å². The zero-order valence-electron chi connectivity index (χ0n) is 15.6. The second-order valence-electron chi connectivity index (χ2n) is 6.23. The molecule has 0 saturated carbocycles. The van der Waals surface area contributed by atoms with Crippen LogP contribution in [0.2, 0.25) is 10.0 Å². The van der Waals surface area contributed by atoms with Gasteiger partial charge in [0.05, 0.1) is 24.0 Å². The molecule has 0 fully saturated rings. The average Bonchev–Trinajstić information content (AvgIpc) is 3.04. The highest BCUT2D eigenvalue weighted by Crippen LogP contribution is 2.31. The van der Waals surface area contributed by atoms with Gasteiger partial charge in [-0.3, -0.25) is 4.99 Å². The Hall–Kier alpha value is -2.28. The zero-order valence-corrected chi connectivity index (χ0v) is 17.9. The minimum Gasteiger partial charge on any atom is -0.507 e. The molecule has 0 spiro atoms. The Bertz CT molecular complexity index is 1090. The summed E-state index contributed by atoms with van der Waals surface area (Å²) in [6.45, 7) is 3.99. The first-order valence-corrected chi connectivity index (χ1v) is 10.1. The van der Waals surface area contributed by atoms with Crippen molar-refractivity contribution in [3.05, 3.63) is 62.2 Å². The van der Waals surface area contributed by atoms with Gasteiger partial charge in [-0.05, 0) is 50.2 Å². The van der Waals surface area contributed by atoms with Gasteiger partial charge in [0, 0.05) is 27.6 Å². The third-order valence-corrected chi connectivity index (χ3v) is 5.20. The molecule has 1 N–H and O–H groups in total. The van der Waals surface area contributed by atoms with Crippen LogP contribution in [0.1, 0.15) is 19.4 Å². The van der Waals surface area contributed by atoms with Crippen LogP contribution in [-0.4, -0.2) is 29.1 Å². The second-order valence-corrected chi connectivity index (χ2v) is 7.91. The molecule has 0 aliphatic rings. The number of aromatic nitrogens is 1. The van der Waals surface area contributed by atoms with Crippen LogP contribution in [-0.2, 0) is 0 Å². The fourth-order valence-corrected chi connectivity index (χ4v) is 3.83. The Morgan fingerprint density at radius 1 is 1.18 bits per heavy atom. The average molecular weight is 436 g/mol. The summed E-state index contributed by atoms with van der Waals surface area (Å²) in [4.78, 5) is 5.34. The van der Waals surface area contributed by atoms with Crippen molar-refractivity contribution in [1.29, 1.82) is 0 Å². The monoisotopic (exact) mass is 435 g/mol. The Balaban J connectivity index is 2.16. The maximum atomic E-state index is 10.1. The van der Waals surface area contributed by atoms with E-state index < -0.39 is 0 Å². The minimum atomic E-state index is 0.0907. The van der Waals surface area contributed by atoms with E-state index in [0.717, 1.165) is 11.3 Å². The molecular weight excluding hydrogens is 417 g/mol. The van der Waals surface area contributed by atoms with Crippen LogP contribution in [0.25, 0.3) is 11.3 Å². The van der Waals surface area contributed by atoms with E-state index in [0.29, 0.717) is 26.2 Å². The Morgan fingerprint density at radius 2 is 1.96 bits per heavy atom. The lowest BCUT2D eigenvalue weighted by Gasteiger charge is -2.07. The lowest BCUT2D eigenvalue weighted by molar-refractivity contribution is 0.412. The van der Waals surface area contributed by atoms with E-state index in [1.54, 1.807) is 54.4 Å². The SMILES string of the molecule is COc1ccc(O)c(C=Nn2c(-c3cc(Cl)ccc3Cl)csc2=NC(C)C)c1. The first-order chi connectivity index (χ1) is 13.4. The molecular formula is C20H19Cl2N3O2S. The van der Waals surface area contributed by atoms with E-state index >= 15 is 0 Å². The lowest BCUT2D eigenvalue weighted by atomic mass is 10.2. The molecule has 3 aromatic rings. The normalized spacial score (nSPS) is 12.3. The van der Waals surface area contributed by atoms with E-state index in [1.165, 1.54) is 11.3 Å². The van der Waals surface area contributed by atoms with Gasteiger partial charge < -0.3 is 9.84 Å². The molecule has 0 radical (unpaired) electrons.